The molecule has 134 valence electrons. The van der Waals surface area contributed by atoms with Crippen LogP contribution in [-0.4, -0.2) is 39.5 Å². The molecule has 3 rings (SSSR count). The third-order valence-electron chi connectivity index (χ3n) is 5.16. The lowest BCUT2D eigenvalue weighted by Crippen LogP contribution is -2.42. The smallest absolute Gasteiger partial charge is 0.222 e. The van der Waals surface area contributed by atoms with Gasteiger partial charge in [-0.25, -0.2) is 0 Å². The van der Waals surface area contributed by atoms with Crippen molar-refractivity contribution in [2.75, 3.05) is 13.1 Å². The fraction of sp³-hybridized carbons (Fsp3) is 0.526. The number of likely N-dealkylation sites (tertiary alicyclic amines) is 1. The molecule has 1 amide bonds. The number of ketones is 1. The molecule has 0 unspecified atom stereocenters. The molecule has 0 spiro atoms. The lowest BCUT2D eigenvalue weighted by atomic mass is 9.92. The van der Waals surface area contributed by atoms with E-state index in [1.54, 1.807) is 0 Å². The summed E-state index contributed by atoms with van der Waals surface area (Å²) < 4.78 is 1.87. The van der Waals surface area contributed by atoms with E-state index in [-0.39, 0.29) is 17.6 Å². The average Bonchev–Trinajstić information content (AvgIpc) is 3.22. The molecule has 25 heavy (non-hydrogen) atoms. The number of thiophene rings is 1. The van der Waals surface area contributed by atoms with Gasteiger partial charge in [-0.2, -0.15) is 5.10 Å². The number of aryl methyl sites for hydroxylation is 2. The van der Waals surface area contributed by atoms with Gasteiger partial charge in [-0.05, 0) is 50.1 Å². The third-order valence-corrected chi connectivity index (χ3v) is 6.04. The standard InChI is InChI=1S/C19H25N3O2S/c1-13-16(14(2)21(3)20-13)8-9-18(23)22-10-4-6-15(12-22)19(24)17-7-5-11-25-17/h5,7,11,15H,4,6,8-10,12H2,1-3H3/t15-/m0/s1. The molecule has 0 radical (unpaired) electrons. The van der Waals surface area contributed by atoms with E-state index >= 15 is 0 Å². The van der Waals surface area contributed by atoms with Crippen LogP contribution < -0.4 is 0 Å². The lowest BCUT2D eigenvalue weighted by molar-refractivity contribution is -0.132. The highest BCUT2D eigenvalue weighted by atomic mass is 32.1. The highest BCUT2D eigenvalue weighted by molar-refractivity contribution is 7.12. The number of amides is 1. The average molecular weight is 359 g/mol. The summed E-state index contributed by atoms with van der Waals surface area (Å²) in [5.74, 6) is 0.274. The molecule has 3 heterocycles. The Labute approximate surface area is 152 Å². The largest absolute Gasteiger partial charge is 0.342 e. The van der Waals surface area contributed by atoms with Gasteiger partial charge in [-0.3, -0.25) is 14.3 Å². The number of Topliss-reactive ketones (excluding diaryl/α,β-unsaturated/α-hetero) is 1. The maximum atomic E-state index is 12.6. The van der Waals surface area contributed by atoms with E-state index in [2.05, 4.69) is 5.10 Å². The SMILES string of the molecule is Cc1nn(C)c(C)c1CCC(=O)N1CCC[C@H](C(=O)c2cccs2)C1. The quantitative estimate of drug-likeness (QED) is 0.771. The van der Waals surface area contributed by atoms with Crippen LogP contribution in [0.4, 0.5) is 0 Å². The molecule has 1 atom stereocenters. The maximum absolute atomic E-state index is 12.6. The lowest BCUT2D eigenvalue weighted by Gasteiger charge is -2.32. The van der Waals surface area contributed by atoms with Gasteiger partial charge in [0.1, 0.15) is 0 Å². The topological polar surface area (TPSA) is 55.2 Å². The van der Waals surface area contributed by atoms with Gasteiger partial charge >= 0.3 is 0 Å². The van der Waals surface area contributed by atoms with Crippen LogP contribution in [0.1, 0.15) is 45.9 Å². The second-order valence-electron chi connectivity index (χ2n) is 6.79. The van der Waals surface area contributed by atoms with E-state index in [0.717, 1.165) is 35.7 Å². The second-order valence-corrected chi connectivity index (χ2v) is 7.74. The molecule has 1 fully saturated rings. The van der Waals surface area contributed by atoms with E-state index in [4.69, 9.17) is 0 Å². The molecule has 1 aliphatic heterocycles. The molecule has 0 N–H and O–H groups in total. The van der Waals surface area contributed by atoms with Gasteiger partial charge in [0.25, 0.3) is 0 Å². The number of rotatable bonds is 5. The molecule has 0 saturated carbocycles. The summed E-state index contributed by atoms with van der Waals surface area (Å²) in [7, 11) is 1.93. The summed E-state index contributed by atoms with van der Waals surface area (Å²) in [5.41, 5.74) is 3.28. The van der Waals surface area contributed by atoms with E-state index in [1.165, 1.54) is 16.9 Å². The summed E-state index contributed by atoms with van der Waals surface area (Å²) in [5, 5.41) is 6.34. The van der Waals surface area contributed by atoms with Gasteiger partial charge in [0.15, 0.2) is 5.78 Å². The Morgan fingerprint density at radius 3 is 2.80 bits per heavy atom. The maximum Gasteiger partial charge on any atom is 0.222 e. The van der Waals surface area contributed by atoms with Gasteiger partial charge in [0, 0.05) is 38.2 Å². The number of hydrogen-bond acceptors (Lipinski definition) is 4. The van der Waals surface area contributed by atoms with Crippen molar-refractivity contribution < 1.29 is 9.59 Å². The number of piperidine rings is 1. The number of hydrogen-bond donors (Lipinski definition) is 0. The number of carbonyl (C=O) groups excluding carboxylic acids is 2. The van der Waals surface area contributed by atoms with Crippen molar-refractivity contribution in [3.63, 3.8) is 0 Å². The van der Waals surface area contributed by atoms with Gasteiger partial charge in [0.05, 0.1) is 10.6 Å². The second kappa shape index (κ2) is 7.52. The molecule has 2 aromatic rings. The van der Waals surface area contributed by atoms with Crippen molar-refractivity contribution in [1.29, 1.82) is 0 Å². The van der Waals surface area contributed by atoms with Crippen molar-refractivity contribution in [1.82, 2.24) is 14.7 Å². The summed E-state index contributed by atoms with van der Waals surface area (Å²) in [6.07, 6.45) is 2.97. The van der Waals surface area contributed by atoms with Crippen LogP contribution in [-0.2, 0) is 18.3 Å². The number of aromatic nitrogens is 2. The van der Waals surface area contributed by atoms with E-state index in [0.29, 0.717) is 19.4 Å². The van der Waals surface area contributed by atoms with Crippen LogP contribution in [0, 0.1) is 19.8 Å². The molecule has 0 aliphatic carbocycles. The van der Waals surface area contributed by atoms with Crippen LogP contribution in [0.3, 0.4) is 0 Å². The minimum absolute atomic E-state index is 0.0572. The minimum Gasteiger partial charge on any atom is -0.342 e. The predicted molar refractivity (Wildman–Crippen MR) is 99.0 cm³/mol. The van der Waals surface area contributed by atoms with E-state index in [1.807, 2.05) is 48.0 Å². The molecule has 1 aliphatic rings. The van der Waals surface area contributed by atoms with Crippen LogP contribution >= 0.6 is 11.3 Å². The van der Waals surface area contributed by atoms with Gasteiger partial charge in [-0.1, -0.05) is 6.07 Å². The van der Waals surface area contributed by atoms with Gasteiger partial charge in [0.2, 0.25) is 5.91 Å². The summed E-state index contributed by atoms with van der Waals surface area (Å²) >= 11 is 1.49. The Morgan fingerprint density at radius 2 is 2.16 bits per heavy atom. The predicted octanol–water partition coefficient (Wildman–Crippen LogP) is 3.15. The molecule has 0 aromatic carbocycles. The van der Waals surface area contributed by atoms with Crippen LogP contribution in [0.25, 0.3) is 0 Å². The molecule has 5 nitrogen and oxygen atoms in total. The Kier molecular flexibility index (Phi) is 5.37. The molecule has 6 heteroatoms. The zero-order chi connectivity index (χ0) is 18.0. The first-order valence-corrected chi connectivity index (χ1v) is 9.70. The summed E-state index contributed by atoms with van der Waals surface area (Å²) in [4.78, 5) is 27.9. The Bertz CT molecular complexity index is 764. The van der Waals surface area contributed by atoms with Gasteiger partial charge in [-0.15, -0.1) is 11.3 Å². The van der Waals surface area contributed by atoms with E-state index in [9.17, 15) is 9.59 Å². The van der Waals surface area contributed by atoms with Gasteiger partial charge < -0.3 is 4.90 Å². The monoisotopic (exact) mass is 359 g/mol. The zero-order valence-corrected chi connectivity index (χ0v) is 15.9. The first-order valence-electron chi connectivity index (χ1n) is 8.82. The normalized spacial score (nSPS) is 17.7. The van der Waals surface area contributed by atoms with Crippen LogP contribution in [0.5, 0.6) is 0 Å². The fourth-order valence-electron chi connectivity index (χ4n) is 3.61. The number of carbonyl (C=O) groups is 2. The van der Waals surface area contributed by atoms with Crippen molar-refractivity contribution in [2.24, 2.45) is 13.0 Å². The highest BCUT2D eigenvalue weighted by Crippen LogP contribution is 2.24. The van der Waals surface area contributed by atoms with E-state index < -0.39 is 0 Å². The highest BCUT2D eigenvalue weighted by Gasteiger charge is 2.29. The third kappa shape index (κ3) is 3.84. The van der Waals surface area contributed by atoms with Crippen molar-refractivity contribution in [2.45, 2.75) is 39.5 Å². The molecule has 0 bridgehead atoms. The molecular weight excluding hydrogens is 334 g/mol. The van der Waals surface area contributed by atoms with Crippen molar-refractivity contribution in [3.05, 3.63) is 39.3 Å². The summed E-state index contributed by atoms with van der Waals surface area (Å²) in [6.45, 7) is 5.35. The summed E-state index contributed by atoms with van der Waals surface area (Å²) in [6, 6.07) is 3.78. The Balaban J connectivity index is 1.59. The molecule has 2 aromatic heterocycles. The van der Waals surface area contributed by atoms with Crippen molar-refractivity contribution >= 4 is 23.0 Å². The Hall–Kier alpha value is -1.95. The zero-order valence-electron chi connectivity index (χ0n) is 15.1. The molecular formula is C19H25N3O2S. The molecule has 1 saturated heterocycles. The first kappa shape index (κ1) is 17.9. The minimum atomic E-state index is -0.0572. The first-order chi connectivity index (χ1) is 12.0. The Morgan fingerprint density at radius 1 is 1.36 bits per heavy atom. The van der Waals surface area contributed by atoms with Crippen LogP contribution in [0.15, 0.2) is 17.5 Å². The fourth-order valence-corrected chi connectivity index (χ4v) is 4.35. The number of nitrogens with zero attached hydrogens (tertiary/aromatic N) is 3. The van der Waals surface area contributed by atoms with Crippen LogP contribution in [0.2, 0.25) is 0 Å². The van der Waals surface area contributed by atoms with Crippen molar-refractivity contribution in [3.8, 4) is 0 Å².